The molecule has 0 saturated carbocycles. The molecular formula is C39H26N2O2. The van der Waals surface area contributed by atoms with Gasteiger partial charge in [-0.15, -0.1) is 0 Å². The molecule has 0 saturated heterocycles. The van der Waals surface area contributed by atoms with Crippen LogP contribution in [0.25, 0.3) is 49.7 Å². The Hall–Kier alpha value is -5.74. The molecule has 1 aliphatic heterocycles. The third-order valence-corrected chi connectivity index (χ3v) is 8.48. The molecule has 2 amide bonds. The van der Waals surface area contributed by atoms with Gasteiger partial charge in [0.25, 0.3) is 11.8 Å². The third-order valence-electron chi connectivity index (χ3n) is 8.48. The van der Waals surface area contributed by atoms with Crippen LogP contribution in [0.5, 0.6) is 0 Å². The van der Waals surface area contributed by atoms with E-state index in [9.17, 15) is 9.59 Å². The number of aromatic nitrogens is 1. The molecule has 0 atom stereocenters. The Labute approximate surface area is 249 Å². The molecular weight excluding hydrogens is 528 g/mol. The predicted molar refractivity (Wildman–Crippen MR) is 174 cm³/mol. The quantitative estimate of drug-likeness (QED) is 0.204. The second-order valence-electron chi connectivity index (χ2n) is 10.9. The van der Waals surface area contributed by atoms with Crippen LogP contribution in [0.4, 0.5) is 5.69 Å². The molecule has 1 aromatic heterocycles. The summed E-state index contributed by atoms with van der Waals surface area (Å²) < 4.78 is 2.17. The van der Waals surface area contributed by atoms with Crippen molar-refractivity contribution < 1.29 is 9.59 Å². The lowest BCUT2D eigenvalue weighted by molar-refractivity contribution is 0.0926. The summed E-state index contributed by atoms with van der Waals surface area (Å²) in [5.41, 5.74) is 9.42. The smallest absolute Gasteiger partial charge is 0.268 e. The minimum atomic E-state index is -0.319. The van der Waals surface area contributed by atoms with Gasteiger partial charge < -0.3 is 4.57 Å². The lowest BCUT2D eigenvalue weighted by Crippen LogP contribution is -2.29. The predicted octanol–water partition coefficient (Wildman–Crippen LogP) is 9.23. The van der Waals surface area contributed by atoms with Gasteiger partial charge in [0.15, 0.2) is 0 Å². The second kappa shape index (κ2) is 9.68. The number of nitrogens with zero attached hydrogens (tertiary/aromatic N) is 2. The fraction of sp³-hybridized carbons (Fsp3) is 0.0256. The summed E-state index contributed by atoms with van der Waals surface area (Å²) in [5.74, 6) is -0.632. The van der Waals surface area contributed by atoms with E-state index >= 15 is 0 Å². The van der Waals surface area contributed by atoms with Crippen LogP contribution in [0.2, 0.25) is 0 Å². The molecule has 7 aromatic rings. The van der Waals surface area contributed by atoms with Gasteiger partial charge in [-0.3, -0.25) is 9.59 Å². The Morgan fingerprint density at radius 1 is 0.512 bits per heavy atom. The average molecular weight is 555 g/mol. The molecule has 1 aliphatic rings. The zero-order valence-corrected chi connectivity index (χ0v) is 23.5. The molecule has 0 radical (unpaired) electrons. The van der Waals surface area contributed by atoms with Gasteiger partial charge in [-0.05, 0) is 59.5 Å². The van der Waals surface area contributed by atoms with Gasteiger partial charge in [0.2, 0.25) is 0 Å². The van der Waals surface area contributed by atoms with E-state index in [1.54, 1.807) is 6.07 Å². The molecule has 0 fully saturated rings. The number of carbonyl (C=O) groups excluding carboxylic acids is 2. The minimum Gasteiger partial charge on any atom is -0.308 e. The maximum Gasteiger partial charge on any atom is 0.268 e. The summed E-state index contributed by atoms with van der Waals surface area (Å²) in [6.07, 6.45) is 0. The molecule has 4 nitrogen and oxygen atoms in total. The summed E-state index contributed by atoms with van der Waals surface area (Å²) in [5, 5.41) is 2.19. The van der Waals surface area contributed by atoms with Crippen molar-refractivity contribution >= 4 is 39.3 Å². The van der Waals surface area contributed by atoms with E-state index in [4.69, 9.17) is 0 Å². The third kappa shape index (κ3) is 3.77. The fourth-order valence-corrected chi connectivity index (χ4v) is 6.50. The first-order valence-electron chi connectivity index (χ1n) is 14.4. The number of amides is 2. The summed E-state index contributed by atoms with van der Waals surface area (Å²) in [4.78, 5) is 29.6. The number of anilines is 1. The molecule has 0 aliphatic carbocycles. The molecule has 43 heavy (non-hydrogen) atoms. The normalized spacial score (nSPS) is 12.8. The molecule has 0 spiro atoms. The fourth-order valence-electron chi connectivity index (χ4n) is 6.50. The van der Waals surface area contributed by atoms with Crippen LogP contribution in [-0.2, 0) is 0 Å². The van der Waals surface area contributed by atoms with Crippen LogP contribution < -0.4 is 4.90 Å². The Balaban J connectivity index is 1.36. The summed E-state index contributed by atoms with van der Waals surface area (Å²) in [7, 11) is 0. The molecule has 6 aromatic carbocycles. The van der Waals surface area contributed by atoms with E-state index in [2.05, 4.69) is 60.0 Å². The van der Waals surface area contributed by atoms with Crippen molar-refractivity contribution in [3.63, 3.8) is 0 Å². The van der Waals surface area contributed by atoms with E-state index in [0.29, 0.717) is 22.5 Å². The highest BCUT2D eigenvalue weighted by Gasteiger charge is 2.39. The van der Waals surface area contributed by atoms with Crippen molar-refractivity contribution in [2.24, 2.45) is 0 Å². The largest absolute Gasteiger partial charge is 0.308 e. The molecule has 0 N–H and O–H groups in total. The highest BCUT2D eigenvalue weighted by Crippen LogP contribution is 2.41. The maximum absolute atomic E-state index is 14.3. The van der Waals surface area contributed by atoms with E-state index in [1.165, 1.54) is 10.5 Å². The lowest BCUT2D eigenvalue weighted by atomic mass is 9.98. The number of carbonyl (C=O) groups is 2. The lowest BCUT2D eigenvalue weighted by Gasteiger charge is -2.17. The molecule has 2 heterocycles. The molecule has 4 heteroatoms. The maximum atomic E-state index is 14.3. The molecule has 8 rings (SSSR count). The Bertz CT molecular complexity index is 2240. The van der Waals surface area contributed by atoms with Crippen LogP contribution in [0.1, 0.15) is 26.3 Å². The highest BCUT2D eigenvalue weighted by atomic mass is 16.2. The van der Waals surface area contributed by atoms with Gasteiger partial charge in [0, 0.05) is 16.3 Å². The van der Waals surface area contributed by atoms with Gasteiger partial charge in [-0.1, -0.05) is 109 Å². The standard InChI is InChI=1S/C39H26N2O2/c1-25-12-5-6-17-29(25)31-19-10-20-32-30-18-7-8-22-34(30)41(37(31)32)35-23-11-21-33-36(35)39(43)40(38(33)42)28-16-9-15-27(24-28)26-13-3-2-4-14-26/h2-24H,1H3. The van der Waals surface area contributed by atoms with Gasteiger partial charge in [-0.25, -0.2) is 4.90 Å². The van der Waals surface area contributed by atoms with E-state index in [1.807, 2.05) is 84.9 Å². The Kier molecular flexibility index (Phi) is 5.63. The van der Waals surface area contributed by atoms with Crippen molar-refractivity contribution in [2.75, 3.05) is 4.90 Å². The van der Waals surface area contributed by atoms with E-state index in [-0.39, 0.29) is 11.8 Å². The Morgan fingerprint density at radius 2 is 1.16 bits per heavy atom. The van der Waals surface area contributed by atoms with Gasteiger partial charge in [0.05, 0.1) is 33.5 Å². The molecule has 0 unspecified atom stereocenters. The molecule has 0 bridgehead atoms. The number of para-hydroxylation sites is 2. The first-order chi connectivity index (χ1) is 21.1. The average Bonchev–Trinajstić information content (AvgIpc) is 3.53. The van der Waals surface area contributed by atoms with Crippen molar-refractivity contribution in [1.29, 1.82) is 0 Å². The summed E-state index contributed by atoms with van der Waals surface area (Å²) >= 11 is 0. The zero-order chi connectivity index (χ0) is 29.1. The van der Waals surface area contributed by atoms with Gasteiger partial charge in [-0.2, -0.15) is 0 Å². The number of imide groups is 1. The number of hydrogen-bond acceptors (Lipinski definition) is 2. The Morgan fingerprint density at radius 3 is 2.02 bits per heavy atom. The van der Waals surface area contributed by atoms with E-state index < -0.39 is 0 Å². The van der Waals surface area contributed by atoms with Gasteiger partial charge in [0.1, 0.15) is 0 Å². The number of fused-ring (bicyclic) bond motifs is 4. The van der Waals surface area contributed by atoms with Crippen LogP contribution in [0.3, 0.4) is 0 Å². The number of hydrogen-bond donors (Lipinski definition) is 0. The van der Waals surface area contributed by atoms with Crippen LogP contribution >= 0.6 is 0 Å². The molecule has 204 valence electrons. The van der Waals surface area contributed by atoms with Crippen LogP contribution in [-0.4, -0.2) is 16.4 Å². The van der Waals surface area contributed by atoms with Crippen molar-refractivity contribution in [2.45, 2.75) is 6.92 Å². The van der Waals surface area contributed by atoms with Crippen molar-refractivity contribution in [1.82, 2.24) is 4.57 Å². The first-order valence-corrected chi connectivity index (χ1v) is 14.4. The number of benzene rings is 6. The summed E-state index contributed by atoms with van der Waals surface area (Å²) in [6.45, 7) is 2.12. The second-order valence-corrected chi connectivity index (χ2v) is 10.9. The van der Waals surface area contributed by atoms with Crippen molar-refractivity contribution in [3.8, 4) is 27.9 Å². The topological polar surface area (TPSA) is 42.3 Å². The van der Waals surface area contributed by atoms with Crippen LogP contribution in [0.15, 0.2) is 140 Å². The highest BCUT2D eigenvalue weighted by molar-refractivity contribution is 6.36. The monoisotopic (exact) mass is 554 g/mol. The number of aryl methyl sites for hydroxylation is 1. The summed E-state index contributed by atoms with van der Waals surface area (Å²) in [6, 6.07) is 46.1. The zero-order valence-electron chi connectivity index (χ0n) is 23.5. The minimum absolute atomic E-state index is 0.313. The van der Waals surface area contributed by atoms with E-state index in [0.717, 1.165) is 44.1 Å². The van der Waals surface area contributed by atoms with Crippen LogP contribution in [0, 0.1) is 6.92 Å². The number of rotatable bonds is 4. The first kappa shape index (κ1) is 25.0. The van der Waals surface area contributed by atoms with Crippen molar-refractivity contribution in [3.05, 3.63) is 156 Å². The van der Waals surface area contributed by atoms with Gasteiger partial charge >= 0.3 is 0 Å². The SMILES string of the molecule is Cc1ccccc1-c1cccc2c3ccccc3n(-c3cccc4c3C(=O)N(c3cccc(-c5ccccc5)c3)C4=O)c12.